The van der Waals surface area contributed by atoms with Gasteiger partial charge in [-0.15, -0.1) is 0 Å². The van der Waals surface area contributed by atoms with E-state index in [9.17, 15) is 14.9 Å². The summed E-state index contributed by atoms with van der Waals surface area (Å²) in [5, 5.41) is 13.6. The molecular formula is C19H22N2O5. The molecule has 7 heteroatoms. The highest BCUT2D eigenvalue weighted by Gasteiger charge is 2.12. The van der Waals surface area contributed by atoms with Crippen LogP contribution in [0.25, 0.3) is 0 Å². The fourth-order valence-corrected chi connectivity index (χ4v) is 2.46. The van der Waals surface area contributed by atoms with Gasteiger partial charge in [0, 0.05) is 38.0 Å². The molecule has 0 aromatic heterocycles. The van der Waals surface area contributed by atoms with E-state index in [0.717, 1.165) is 12.0 Å². The van der Waals surface area contributed by atoms with Crippen LogP contribution in [0, 0.1) is 24.0 Å². The Morgan fingerprint density at radius 2 is 1.92 bits per heavy atom. The van der Waals surface area contributed by atoms with Gasteiger partial charge in [-0.2, -0.15) is 0 Å². The second-order valence-corrected chi connectivity index (χ2v) is 5.89. The van der Waals surface area contributed by atoms with Crippen LogP contribution in [0.5, 0.6) is 11.5 Å². The molecule has 2 aromatic carbocycles. The summed E-state index contributed by atoms with van der Waals surface area (Å²) in [7, 11) is 1.62. The van der Waals surface area contributed by atoms with Crippen LogP contribution in [0.3, 0.4) is 0 Å². The SMILES string of the molecule is COCCCNC(=O)c1ccc(Oc2ccc([N+](=O)[O-])cc2C)cc1C. The van der Waals surface area contributed by atoms with Crippen LogP contribution in [0.2, 0.25) is 0 Å². The molecule has 0 saturated heterocycles. The van der Waals surface area contributed by atoms with E-state index in [1.807, 2.05) is 6.92 Å². The lowest BCUT2D eigenvalue weighted by Gasteiger charge is -2.12. The number of nitro benzene ring substituents is 1. The van der Waals surface area contributed by atoms with E-state index in [0.29, 0.717) is 35.8 Å². The zero-order chi connectivity index (χ0) is 19.1. The van der Waals surface area contributed by atoms with E-state index in [2.05, 4.69) is 5.32 Å². The predicted octanol–water partition coefficient (Wildman–Crippen LogP) is 3.77. The van der Waals surface area contributed by atoms with Crippen LogP contribution in [0.1, 0.15) is 27.9 Å². The van der Waals surface area contributed by atoms with Crippen molar-refractivity contribution in [2.45, 2.75) is 20.3 Å². The fraction of sp³-hybridized carbons (Fsp3) is 0.316. The summed E-state index contributed by atoms with van der Waals surface area (Å²) in [5.41, 5.74) is 2.05. The lowest BCUT2D eigenvalue weighted by atomic mass is 10.1. The molecule has 0 bridgehead atoms. The van der Waals surface area contributed by atoms with Crippen molar-refractivity contribution in [1.29, 1.82) is 0 Å². The third-order valence-electron chi connectivity index (χ3n) is 3.85. The Morgan fingerprint density at radius 3 is 2.54 bits per heavy atom. The number of methoxy groups -OCH3 is 1. The molecule has 0 heterocycles. The molecule has 2 rings (SSSR count). The van der Waals surface area contributed by atoms with E-state index < -0.39 is 4.92 Å². The van der Waals surface area contributed by atoms with Crippen molar-refractivity contribution in [3.8, 4) is 11.5 Å². The number of aryl methyl sites for hydroxylation is 2. The average molecular weight is 358 g/mol. The smallest absolute Gasteiger partial charge is 0.269 e. The van der Waals surface area contributed by atoms with Gasteiger partial charge in [0.1, 0.15) is 11.5 Å². The summed E-state index contributed by atoms with van der Waals surface area (Å²) >= 11 is 0. The van der Waals surface area contributed by atoms with Crippen LogP contribution in [-0.4, -0.2) is 31.1 Å². The van der Waals surface area contributed by atoms with Gasteiger partial charge < -0.3 is 14.8 Å². The number of carbonyl (C=O) groups excluding carboxylic acids is 1. The van der Waals surface area contributed by atoms with Crippen molar-refractivity contribution in [2.75, 3.05) is 20.3 Å². The summed E-state index contributed by atoms with van der Waals surface area (Å²) in [4.78, 5) is 22.6. The van der Waals surface area contributed by atoms with Gasteiger partial charge in [0.05, 0.1) is 4.92 Å². The Bertz CT molecular complexity index is 805. The number of hydrogen-bond donors (Lipinski definition) is 1. The number of nitrogens with one attached hydrogen (secondary N) is 1. The van der Waals surface area contributed by atoms with Crippen molar-refractivity contribution < 1.29 is 19.2 Å². The van der Waals surface area contributed by atoms with Gasteiger partial charge in [-0.25, -0.2) is 0 Å². The monoisotopic (exact) mass is 358 g/mol. The highest BCUT2D eigenvalue weighted by Crippen LogP contribution is 2.29. The molecule has 0 aliphatic heterocycles. The van der Waals surface area contributed by atoms with E-state index in [1.54, 1.807) is 38.3 Å². The zero-order valence-corrected chi connectivity index (χ0v) is 15.1. The minimum atomic E-state index is -0.443. The number of non-ortho nitro benzene ring substituents is 1. The molecule has 0 saturated carbocycles. The lowest BCUT2D eigenvalue weighted by molar-refractivity contribution is -0.384. The quantitative estimate of drug-likeness (QED) is 0.441. The lowest BCUT2D eigenvalue weighted by Crippen LogP contribution is -2.25. The molecule has 0 atom stereocenters. The summed E-state index contributed by atoms with van der Waals surface area (Å²) in [5.74, 6) is 0.957. The number of ether oxygens (including phenoxy) is 2. The second-order valence-electron chi connectivity index (χ2n) is 5.89. The van der Waals surface area contributed by atoms with Gasteiger partial charge in [0.15, 0.2) is 0 Å². The molecule has 26 heavy (non-hydrogen) atoms. The third-order valence-corrected chi connectivity index (χ3v) is 3.85. The third kappa shape index (κ3) is 5.03. The van der Waals surface area contributed by atoms with Crippen molar-refractivity contribution in [3.63, 3.8) is 0 Å². The summed E-state index contributed by atoms with van der Waals surface area (Å²) in [6.45, 7) is 4.73. The van der Waals surface area contributed by atoms with Crippen LogP contribution < -0.4 is 10.1 Å². The van der Waals surface area contributed by atoms with Crippen molar-refractivity contribution >= 4 is 11.6 Å². The average Bonchev–Trinajstić information content (AvgIpc) is 2.60. The molecule has 0 aliphatic rings. The van der Waals surface area contributed by atoms with Gasteiger partial charge >= 0.3 is 0 Å². The van der Waals surface area contributed by atoms with Crippen LogP contribution in [-0.2, 0) is 4.74 Å². The number of nitro groups is 1. The molecule has 0 aliphatic carbocycles. The van der Waals surface area contributed by atoms with E-state index in [4.69, 9.17) is 9.47 Å². The van der Waals surface area contributed by atoms with Crippen LogP contribution in [0.15, 0.2) is 36.4 Å². The number of hydrogen-bond acceptors (Lipinski definition) is 5. The molecule has 138 valence electrons. The van der Waals surface area contributed by atoms with E-state index in [1.165, 1.54) is 12.1 Å². The molecule has 1 amide bonds. The summed E-state index contributed by atoms with van der Waals surface area (Å²) < 4.78 is 10.8. The predicted molar refractivity (Wildman–Crippen MR) is 97.9 cm³/mol. The first-order chi connectivity index (χ1) is 12.4. The summed E-state index contributed by atoms with van der Waals surface area (Å²) in [6.07, 6.45) is 0.752. The molecular weight excluding hydrogens is 336 g/mol. The molecule has 1 N–H and O–H groups in total. The fourth-order valence-electron chi connectivity index (χ4n) is 2.46. The maximum atomic E-state index is 12.2. The normalized spacial score (nSPS) is 10.4. The largest absolute Gasteiger partial charge is 0.457 e. The van der Waals surface area contributed by atoms with Gasteiger partial charge in [0.2, 0.25) is 0 Å². The Balaban J connectivity index is 2.07. The maximum Gasteiger partial charge on any atom is 0.269 e. The number of carbonyl (C=O) groups is 1. The highest BCUT2D eigenvalue weighted by atomic mass is 16.6. The molecule has 0 radical (unpaired) electrons. The van der Waals surface area contributed by atoms with Gasteiger partial charge in [-0.1, -0.05) is 0 Å². The first kappa shape index (κ1) is 19.4. The molecule has 2 aromatic rings. The molecule has 0 fully saturated rings. The number of rotatable bonds is 8. The number of benzene rings is 2. The van der Waals surface area contributed by atoms with Crippen molar-refractivity contribution in [3.05, 3.63) is 63.2 Å². The first-order valence-electron chi connectivity index (χ1n) is 8.23. The second kappa shape index (κ2) is 8.96. The highest BCUT2D eigenvalue weighted by molar-refractivity contribution is 5.95. The topological polar surface area (TPSA) is 90.7 Å². The number of amides is 1. The van der Waals surface area contributed by atoms with E-state index >= 15 is 0 Å². The van der Waals surface area contributed by atoms with Crippen molar-refractivity contribution in [1.82, 2.24) is 5.32 Å². The molecule has 7 nitrogen and oxygen atoms in total. The van der Waals surface area contributed by atoms with Crippen molar-refractivity contribution in [2.24, 2.45) is 0 Å². The minimum absolute atomic E-state index is 0.0199. The molecule has 0 spiro atoms. The van der Waals surface area contributed by atoms with Gasteiger partial charge in [-0.05, 0) is 55.7 Å². The van der Waals surface area contributed by atoms with Crippen LogP contribution in [0.4, 0.5) is 5.69 Å². The standard InChI is InChI=1S/C19H22N2O5/c1-13-12-16(6-7-17(13)19(22)20-9-4-10-25-3)26-18-8-5-15(21(23)24)11-14(18)2/h5-8,11-12H,4,9-10H2,1-3H3,(H,20,22). The van der Waals surface area contributed by atoms with Gasteiger partial charge in [-0.3, -0.25) is 14.9 Å². The summed E-state index contributed by atoms with van der Waals surface area (Å²) in [6, 6.07) is 9.61. The van der Waals surface area contributed by atoms with E-state index in [-0.39, 0.29) is 11.6 Å². The molecule has 0 unspecified atom stereocenters. The first-order valence-corrected chi connectivity index (χ1v) is 8.23. The Kier molecular flexibility index (Phi) is 6.68. The number of nitrogens with zero attached hydrogens (tertiary/aromatic N) is 1. The Labute approximate surface area is 152 Å². The van der Waals surface area contributed by atoms with Crippen LogP contribution >= 0.6 is 0 Å². The zero-order valence-electron chi connectivity index (χ0n) is 15.1. The maximum absolute atomic E-state index is 12.2. The Morgan fingerprint density at radius 1 is 1.15 bits per heavy atom. The Hall–Kier alpha value is -2.93. The minimum Gasteiger partial charge on any atom is -0.457 e. The van der Waals surface area contributed by atoms with Gasteiger partial charge in [0.25, 0.3) is 11.6 Å².